The molecule has 0 heterocycles. The maximum atomic E-state index is 12.0. The molecule has 2 aromatic rings. The van der Waals surface area contributed by atoms with E-state index in [0.29, 0.717) is 23.7 Å². The van der Waals surface area contributed by atoms with E-state index >= 15 is 0 Å². The van der Waals surface area contributed by atoms with E-state index in [9.17, 15) is 4.79 Å². The second-order valence-electron chi connectivity index (χ2n) is 5.33. The van der Waals surface area contributed by atoms with E-state index in [2.05, 4.69) is 12.2 Å². The lowest BCUT2D eigenvalue weighted by Gasteiger charge is -2.10. The van der Waals surface area contributed by atoms with Crippen LogP contribution in [-0.2, 0) is 0 Å². The van der Waals surface area contributed by atoms with Gasteiger partial charge in [-0.3, -0.25) is 4.79 Å². The molecule has 0 radical (unpaired) electrons. The molecule has 0 unspecified atom stereocenters. The largest absolute Gasteiger partial charge is 0.492 e. The maximum Gasteiger partial charge on any atom is 0.252 e. The molecule has 1 amide bonds. The average molecular weight is 318 g/mol. The Hall–Kier alpha value is -2.00. The van der Waals surface area contributed by atoms with Gasteiger partial charge in [0.1, 0.15) is 12.4 Å². The minimum Gasteiger partial charge on any atom is -0.492 e. The number of hydrogen-bond acceptors (Lipinski definition) is 2. The van der Waals surface area contributed by atoms with Crippen LogP contribution in [0.15, 0.2) is 36.4 Å². The number of ether oxygens (including phenoxy) is 1. The molecule has 0 saturated carbocycles. The molecule has 1 N–H and O–H groups in total. The van der Waals surface area contributed by atoms with Crippen molar-refractivity contribution in [3.8, 4) is 5.75 Å². The molecule has 2 aromatic carbocycles. The summed E-state index contributed by atoms with van der Waals surface area (Å²) in [6.45, 7) is 6.88. The summed E-state index contributed by atoms with van der Waals surface area (Å²) >= 11 is 6.07. The zero-order chi connectivity index (χ0) is 16.1. The fourth-order valence-corrected chi connectivity index (χ4v) is 2.36. The SMILES string of the molecule is Cc1ccc(C(=O)NCCOc2ccc(C)c(C)c2)c(Cl)c1. The van der Waals surface area contributed by atoms with Gasteiger partial charge in [-0.15, -0.1) is 0 Å². The van der Waals surface area contributed by atoms with Crippen molar-refractivity contribution in [2.45, 2.75) is 20.8 Å². The standard InChI is InChI=1S/C18H20ClNO2/c1-12-4-7-16(17(19)10-12)18(21)20-8-9-22-15-6-5-13(2)14(3)11-15/h4-7,10-11H,8-9H2,1-3H3,(H,20,21). The van der Waals surface area contributed by atoms with Gasteiger partial charge in [-0.1, -0.05) is 23.7 Å². The van der Waals surface area contributed by atoms with E-state index in [4.69, 9.17) is 16.3 Å². The predicted octanol–water partition coefficient (Wildman–Crippen LogP) is 4.07. The van der Waals surface area contributed by atoms with Gasteiger partial charge < -0.3 is 10.1 Å². The molecule has 0 aliphatic rings. The summed E-state index contributed by atoms with van der Waals surface area (Å²) in [6.07, 6.45) is 0. The summed E-state index contributed by atoms with van der Waals surface area (Å²) in [4.78, 5) is 12.0. The van der Waals surface area contributed by atoms with Gasteiger partial charge in [0.05, 0.1) is 17.1 Å². The van der Waals surface area contributed by atoms with Gasteiger partial charge in [-0.05, 0) is 61.7 Å². The highest BCUT2D eigenvalue weighted by atomic mass is 35.5. The Balaban J connectivity index is 1.83. The molecule has 0 aliphatic heterocycles. The monoisotopic (exact) mass is 317 g/mol. The number of aryl methyl sites for hydroxylation is 3. The van der Waals surface area contributed by atoms with E-state index in [-0.39, 0.29) is 5.91 Å². The molecule has 116 valence electrons. The Morgan fingerprint density at radius 1 is 1.09 bits per heavy atom. The van der Waals surface area contributed by atoms with E-state index in [1.807, 2.05) is 38.1 Å². The number of halogens is 1. The highest BCUT2D eigenvalue weighted by Crippen LogP contribution is 2.18. The molecule has 3 nitrogen and oxygen atoms in total. The van der Waals surface area contributed by atoms with Gasteiger partial charge in [-0.25, -0.2) is 0 Å². The van der Waals surface area contributed by atoms with Crippen molar-refractivity contribution in [1.82, 2.24) is 5.32 Å². The van der Waals surface area contributed by atoms with Crippen LogP contribution < -0.4 is 10.1 Å². The Morgan fingerprint density at radius 3 is 2.55 bits per heavy atom. The first kappa shape index (κ1) is 16.4. The summed E-state index contributed by atoms with van der Waals surface area (Å²) in [5, 5.41) is 3.27. The van der Waals surface area contributed by atoms with Crippen LogP contribution in [0.1, 0.15) is 27.0 Å². The van der Waals surface area contributed by atoms with Gasteiger partial charge in [-0.2, -0.15) is 0 Å². The first-order valence-corrected chi connectivity index (χ1v) is 7.59. The van der Waals surface area contributed by atoms with Gasteiger partial charge in [0.2, 0.25) is 0 Å². The molecule has 2 rings (SSSR count). The zero-order valence-electron chi connectivity index (χ0n) is 13.1. The molecule has 0 spiro atoms. The third-order valence-electron chi connectivity index (χ3n) is 3.50. The van der Waals surface area contributed by atoms with Crippen molar-refractivity contribution >= 4 is 17.5 Å². The van der Waals surface area contributed by atoms with Crippen LogP contribution >= 0.6 is 11.6 Å². The van der Waals surface area contributed by atoms with Crippen LogP contribution in [0.5, 0.6) is 5.75 Å². The first-order chi connectivity index (χ1) is 10.5. The smallest absolute Gasteiger partial charge is 0.252 e. The van der Waals surface area contributed by atoms with Gasteiger partial charge in [0.15, 0.2) is 0 Å². The van der Waals surface area contributed by atoms with E-state index in [1.54, 1.807) is 12.1 Å². The highest BCUT2D eigenvalue weighted by Gasteiger charge is 2.09. The molecule has 0 aliphatic carbocycles. The third kappa shape index (κ3) is 4.25. The van der Waals surface area contributed by atoms with Crippen molar-refractivity contribution < 1.29 is 9.53 Å². The minimum absolute atomic E-state index is 0.186. The van der Waals surface area contributed by atoms with Gasteiger partial charge in [0, 0.05) is 0 Å². The first-order valence-electron chi connectivity index (χ1n) is 7.22. The van der Waals surface area contributed by atoms with Crippen molar-refractivity contribution in [3.63, 3.8) is 0 Å². The van der Waals surface area contributed by atoms with Gasteiger partial charge >= 0.3 is 0 Å². The van der Waals surface area contributed by atoms with Crippen LogP contribution in [-0.4, -0.2) is 19.1 Å². The summed E-state index contributed by atoms with van der Waals surface area (Å²) in [5.74, 6) is 0.624. The van der Waals surface area contributed by atoms with Crippen molar-refractivity contribution in [3.05, 3.63) is 63.7 Å². The van der Waals surface area contributed by atoms with Crippen molar-refractivity contribution in [1.29, 1.82) is 0 Å². The van der Waals surface area contributed by atoms with Gasteiger partial charge in [0.25, 0.3) is 5.91 Å². The van der Waals surface area contributed by atoms with E-state index in [1.165, 1.54) is 11.1 Å². The molecule has 0 bridgehead atoms. The van der Waals surface area contributed by atoms with Crippen LogP contribution in [0.25, 0.3) is 0 Å². The van der Waals surface area contributed by atoms with Crippen LogP contribution in [0.2, 0.25) is 5.02 Å². The third-order valence-corrected chi connectivity index (χ3v) is 3.82. The zero-order valence-corrected chi connectivity index (χ0v) is 13.8. The molecule has 0 saturated heterocycles. The fourth-order valence-electron chi connectivity index (χ4n) is 2.04. The molecule has 22 heavy (non-hydrogen) atoms. The number of hydrogen-bond donors (Lipinski definition) is 1. The van der Waals surface area contributed by atoms with Crippen molar-refractivity contribution in [2.75, 3.05) is 13.2 Å². The summed E-state index contributed by atoms with van der Waals surface area (Å²) in [5.41, 5.74) is 3.93. The summed E-state index contributed by atoms with van der Waals surface area (Å²) in [7, 11) is 0. The summed E-state index contributed by atoms with van der Waals surface area (Å²) in [6, 6.07) is 11.3. The minimum atomic E-state index is -0.186. The number of amides is 1. The lowest BCUT2D eigenvalue weighted by molar-refractivity contribution is 0.0947. The second-order valence-corrected chi connectivity index (χ2v) is 5.74. The maximum absolute atomic E-state index is 12.0. The van der Waals surface area contributed by atoms with Crippen LogP contribution in [0.4, 0.5) is 0 Å². The van der Waals surface area contributed by atoms with Crippen LogP contribution in [0, 0.1) is 20.8 Å². The Morgan fingerprint density at radius 2 is 1.86 bits per heavy atom. The average Bonchev–Trinajstić information content (AvgIpc) is 2.47. The Labute approximate surface area is 136 Å². The quantitative estimate of drug-likeness (QED) is 0.844. The second kappa shape index (κ2) is 7.32. The molecule has 0 atom stereocenters. The lowest BCUT2D eigenvalue weighted by Crippen LogP contribution is -2.28. The lowest BCUT2D eigenvalue weighted by atomic mass is 10.1. The number of carbonyl (C=O) groups is 1. The number of rotatable bonds is 5. The topological polar surface area (TPSA) is 38.3 Å². The number of carbonyl (C=O) groups excluding carboxylic acids is 1. The predicted molar refractivity (Wildman–Crippen MR) is 89.9 cm³/mol. The van der Waals surface area contributed by atoms with Crippen LogP contribution in [0.3, 0.4) is 0 Å². The Kier molecular flexibility index (Phi) is 5.45. The summed E-state index contributed by atoms with van der Waals surface area (Å²) < 4.78 is 5.63. The molecule has 4 heteroatoms. The number of nitrogens with one attached hydrogen (secondary N) is 1. The Bertz CT molecular complexity index is 683. The highest BCUT2D eigenvalue weighted by molar-refractivity contribution is 6.33. The fraction of sp³-hybridized carbons (Fsp3) is 0.278. The molecule has 0 aromatic heterocycles. The van der Waals surface area contributed by atoms with E-state index < -0.39 is 0 Å². The number of benzene rings is 2. The molecular weight excluding hydrogens is 298 g/mol. The molecule has 0 fully saturated rings. The normalized spacial score (nSPS) is 10.4. The molecular formula is C18H20ClNO2. The van der Waals surface area contributed by atoms with Crippen molar-refractivity contribution in [2.24, 2.45) is 0 Å². The van der Waals surface area contributed by atoms with E-state index in [0.717, 1.165) is 11.3 Å².